The van der Waals surface area contributed by atoms with Gasteiger partial charge in [-0.1, -0.05) is 30.3 Å². The first-order valence-corrected chi connectivity index (χ1v) is 9.17. The summed E-state index contributed by atoms with van der Waals surface area (Å²) in [5, 5.41) is 5.75. The van der Waals surface area contributed by atoms with Crippen molar-refractivity contribution in [1.29, 1.82) is 0 Å². The second-order valence-corrected chi connectivity index (χ2v) is 7.00. The zero-order valence-electron chi connectivity index (χ0n) is 16.2. The zero-order chi connectivity index (χ0) is 19.6. The summed E-state index contributed by atoms with van der Waals surface area (Å²) < 4.78 is 7.34. The predicted molar refractivity (Wildman–Crippen MR) is 104 cm³/mol. The van der Waals surface area contributed by atoms with Crippen LogP contribution in [0.3, 0.4) is 0 Å². The summed E-state index contributed by atoms with van der Waals surface area (Å²) in [6.45, 7) is 8.17. The van der Waals surface area contributed by atoms with E-state index in [4.69, 9.17) is 4.74 Å². The Balaban J connectivity index is 1.62. The molecule has 3 rings (SSSR count). The van der Waals surface area contributed by atoms with E-state index in [2.05, 4.69) is 23.5 Å². The highest BCUT2D eigenvalue weighted by atomic mass is 16.5. The maximum absolute atomic E-state index is 12.4. The third-order valence-electron chi connectivity index (χ3n) is 4.74. The third kappa shape index (κ3) is 3.94. The molecule has 1 amide bonds. The lowest BCUT2D eigenvalue weighted by atomic mass is 10.1. The van der Waals surface area contributed by atoms with Crippen molar-refractivity contribution in [3.63, 3.8) is 0 Å². The number of hydrazone groups is 1. The van der Waals surface area contributed by atoms with E-state index in [1.165, 1.54) is 5.01 Å². The van der Waals surface area contributed by atoms with E-state index < -0.39 is 5.97 Å². The lowest BCUT2D eigenvalue weighted by Crippen LogP contribution is -2.28. The molecule has 27 heavy (non-hydrogen) atoms. The van der Waals surface area contributed by atoms with E-state index in [0.29, 0.717) is 18.5 Å². The van der Waals surface area contributed by atoms with Crippen molar-refractivity contribution in [1.82, 2.24) is 9.58 Å². The molecule has 2 aromatic rings. The van der Waals surface area contributed by atoms with Crippen LogP contribution >= 0.6 is 0 Å². The molecular weight excluding hydrogens is 342 g/mol. The number of benzene rings is 1. The van der Waals surface area contributed by atoms with Crippen LogP contribution in [0.15, 0.2) is 41.5 Å². The average molecular weight is 367 g/mol. The van der Waals surface area contributed by atoms with Crippen molar-refractivity contribution in [3.8, 4) is 0 Å². The zero-order valence-corrected chi connectivity index (χ0v) is 16.2. The van der Waals surface area contributed by atoms with Crippen LogP contribution in [0.1, 0.15) is 53.6 Å². The van der Waals surface area contributed by atoms with Crippen LogP contribution in [0.2, 0.25) is 0 Å². The molecule has 0 radical (unpaired) electrons. The molecule has 0 aliphatic carbocycles. The maximum Gasteiger partial charge on any atom is 0.340 e. The van der Waals surface area contributed by atoms with Gasteiger partial charge in [0.15, 0.2) is 6.61 Å². The molecule has 0 saturated carbocycles. The predicted octanol–water partition coefficient (Wildman–Crippen LogP) is 3.48. The Labute approximate surface area is 159 Å². The molecule has 6 heteroatoms. The highest BCUT2D eigenvalue weighted by Gasteiger charge is 2.24. The summed E-state index contributed by atoms with van der Waals surface area (Å²) in [6, 6.07) is 11.8. The van der Waals surface area contributed by atoms with Gasteiger partial charge in [-0.15, -0.1) is 0 Å². The summed E-state index contributed by atoms with van der Waals surface area (Å²) in [6.07, 6.45) is 0.694. The summed E-state index contributed by atoms with van der Waals surface area (Å²) in [7, 11) is 0. The van der Waals surface area contributed by atoms with Gasteiger partial charge >= 0.3 is 5.97 Å². The summed E-state index contributed by atoms with van der Waals surface area (Å²) in [5.74, 6) is -0.790. The molecule has 142 valence electrons. The fraction of sp³-hybridized carbons (Fsp3) is 0.381. The molecule has 2 heterocycles. The normalized spacial score (nSPS) is 13.8. The van der Waals surface area contributed by atoms with Gasteiger partial charge in [-0.3, -0.25) is 4.79 Å². The fourth-order valence-electron chi connectivity index (χ4n) is 3.53. The monoisotopic (exact) mass is 367 g/mol. The Bertz CT molecular complexity index is 882. The highest BCUT2D eigenvalue weighted by molar-refractivity contribution is 6.02. The third-order valence-corrected chi connectivity index (χ3v) is 4.74. The number of rotatable bonds is 5. The van der Waals surface area contributed by atoms with Gasteiger partial charge in [0.25, 0.3) is 5.91 Å². The number of aryl methyl sites for hydroxylation is 1. The Morgan fingerprint density at radius 1 is 1.19 bits per heavy atom. The largest absolute Gasteiger partial charge is 0.452 e. The molecule has 0 bridgehead atoms. The Kier molecular flexibility index (Phi) is 5.44. The molecule has 0 spiro atoms. The summed E-state index contributed by atoms with van der Waals surface area (Å²) in [5.41, 5.74) is 4.23. The van der Waals surface area contributed by atoms with E-state index in [0.717, 1.165) is 22.7 Å². The molecule has 1 aromatic heterocycles. The molecular formula is C21H25N3O3. The number of carbonyl (C=O) groups excluding carboxylic acids is 2. The van der Waals surface area contributed by atoms with Crippen LogP contribution in [-0.4, -0.2) is 40.3 Å². The van der Waals surface area contributed by atoms with E-state index >= 15 is 0 Å². The Morgan fingerprint density at radius 2 is 1.89 bits per heavy atom. The number of carbonyl (C=O) groups is 2. The van der Waals surface area contributed by atoms with Crippen molar-refractivity contribution in [2.75, 3.05) is 13.2 Å². The van der Waals surface area contributed by atoms with Gasteiger partial charge in [0.05, 0.1) is 17.8 Å². The van der Waals surface area contributed by atoms with Crippen LogP contribution in [0.25, 0.3) is 0 Å². The number of hydrogen-bond donors (Lipinski definition) is 0. The van der Waals surface area contributed by atoms with Crippen LogP contribution in [0.5, 0.6) is 0 Å². The van der Waals surface area contributed by atoms with Crippen LogP contribution in [0, 0.1) is 13.8 Å². The number of nitrogens with zero attached hydrogens (tertiary/aromatic N) is 3. The number of ether oxygens (including phenoxy) is 1. The number of hydrogen-bond acceptors (Lipinski definition) is 4. The molecule has 1 aromatic carbocycles. The SMILES string of the molecule is Cc1cc(C(=O)OCC(=O)N2CCC(c3ccccc3)=N2)c(C)n1C(C)C. The Morgan fingerprint density at radius 3 is 2.52 bits per heavy atom. The van der Waals surface area contributed by atoms with E-state index in [1.807, 2.05) is 50.2 Å². The molecule has 0 atom stereocenters. The van der Waals surface area contributed by atoms with Crippen LogP contribution in [0.4, 0.5) is 0 Å². The quantitative estimate of drug-likeness (QED) is 0.760. The smallest absolute Gasteiger partial charge is 0.340 e. The van der Waals surface area contributed by atoms with Gasteiger partial charge < -0.3 is 9.30 Å². The molecule has 6 nitrogen and oxygen atoms in total. The molecule has 0 saturated heterocycles. The van der Waals surface area contributed by atoms with Crippen LogP contribution in [-0.2, 0) is 9.53 Å². The second-order valence-electron chi connectivity index (χ2n) is 7.00. The first-order valence-electron chi connectivity index (χ1n) is 9.17. The van der Waals surface area contributed by atoms with E-state index in [9.17, 15) is 9.59 Å². The van der Waals surface area contributed by atoms with Gasteiger partial charge in [0, 0.05) is 23.9 Å². The molecule has 1 aliphatic heterocycles. The summed E-state index contributed by atoms with van der Waals surface area (Å²) >= 11 is 0. The minimum absolute atomic E-state index is 0.253. The van der Waals surface area contributed by atoms with Crippen molar-refractivity contribution in [2.24, 2.45) is 5.10 Å². The number of aromatic nitrogens is 1. The van der Waals surface area contributed by atoms with Gasteiger partial charge in [0.1, 0.15) is 0 Å². The lowest BCUT2D eigenvalue weighted by molar-refractivity contribution is -0.134. The maximum atomic E-state index is 12.4. The van der Waals surface area contributed by atoms with E-state index in [-0.39, 0.29) is 18.6 Å². The van der Waals surface area contributed by atoms with Gasteiger partial charge in [-0.2, -0.15) is 5.10 Å². The number of esters is 1. The van der Waals surface area contributed by atoms with Crippen molar-refractivity contribution in [2.45, 2.75) is 40.2 Å². The van der Waals surface area contributed by atoms with Crippen molar-refractivity contribution < 1.29 is 14.3 Å². The summed E-state index contributed by atoms with van der Waals surface area (Å²) in [4.78, 5) is 24.8. The first kappa shape index (κ1) is 18.9. The second kappa shape index (κ2) is 7.78. The minimum Gasteiger partial charge on any atom is -0.452 e. The van der Waals surface area contributed by atoms with Crippen LogP contribution < -0.4 is 0 Å². The van der Waals surface area contributed by atoms with E-state index in [1.54, 1.807) is 0 Å². The number of amides is 1. The van der Waals surface area contributed by atoms with Gasteiger partial charge in [-0.25, -0.2) is 9.80 Å². The Hall–Kier alpha value is -2.89. The fourth-order valence-corrected chi connectivity index (χ4v) is 3.53. The lowest BCUT2D eigenvalue weighted by Gasteiger charge is -2.14. The highest BCUT2D eigenvalue weighted by Crippen LogP contribution is 2.21. The van der Waals surface area contributed by atoms with Gasteiger partial charge in [0.2, 0.25) is 0 Å². The van der Waals surface area contributed by atoms with Gasteiger partial charge in [-0.05, 0) is 39.3 Å². The average Bonchev–Trinajstić information content (AvgIpc) is 3.25. The first-order chi connectivity index (χ1) is 12.9. The topological polar surface area (TPSA) is 63.9 Å². The molecule has 0 N–H and O–H groups in total. The molecule has 0 unspecified atom stereocenters. The molecule has 0 fully saturated rings. The minimum atomic E-state index is -0.477. The molecule has 1 aliphatic rings. The van der Waals surface area contributed by atoms with Crippen molar-refractivity contribution in [3.05, 3.63) is 58.9 Å². The standard InChI is InChI=1S/C21H25N3O3/c1-14(2)24-15(3)12-18(16(24)4)21(26)27-13-20(25)23-11-10-19(22-23)17-8-6-5-7-9-17/h5-9,12,14H,10-11,13H2,1-4H3. The van der Waals surface area contributed by atoms with Crippen molar-refractivity contribution >= 4 is 17.6 Å².